The van der Waals surface area contributed by atoms with Crippen molar-refractivity contribution in [3.8, 4) is 5.75 Å². The lowest BCUT2D eigenvalue weighted by Gasteiger charge is -2.37. The van der Waals surface area contributed by atoms with Crippen LogP contribution in [-0.4, -0.2) is 11.5 Å². The lowest BCUT2D eigenvalue weighted by Crippen LogP contribution is -2.51. The van der Waals surface area contributed by atoms with Crippen molar-refractivity contribution in [3.05, 3.63) is 154 Å². The molecule has 0 saturated heterocycles. The summed E-state index contributed by atoms with van der Waals surface area (Å²) in [6, 6.07) is 36.6. The van der Waals surface area contributed by atoms with Crippen molar-refractivity contribution >= 4 is 5.69 Å². The molecule has 0 amide bonds. The number of nitro groups is 1. The van der Waals surface area contributed by atoms with Crippen LogP contribution in [0.4, 0.5) is 5.69 Å². The van der Waals surface area contributed by atoms with Crippen molar-refractivity contribution in [3.63, 3.8) is 0 Å². The van der Waals surface area contributed by atoms with E-state index in [2.05, 4.69) is 53.8 Å². The van der Waals surface area contributed by atoms with Crippen LogP contribution in [0.5, 0.6) is 5.75 Å². The average Bonchev–Trinajstić information content (AvgIpc) is 2.90. The molecule has 0 aromatic heterocycles. The fourth-order valence-corrected chi connectivity index (χ4v) is 3.83. The number of nitro benzene ring substituents is 1. The normalized spacial score (nSPS) is 10.9. The highest BCUT2D eigenvalue weighted by molar-refractivity contribution is 5.49. The van der Waals surface area contributed by atoms with Gasteiger partial charge >= 0.3 is 0 Å². The predicted molar refractivity (Wildman–Crippen MR) is 133 cm³/mol. The fraction of sp³-hybridized carbons (Fsp3) is 0.0714. The molecule has 2 N–H and O–H groups in total. The molecule has 0 atom stereocenters. The molecular weight excluding hydrogens is 426 g/mol. The number of benzene rings is 4. The number of nitrogens with zero attached hydrogens (tertiary/aromatic N) is 1. The Morgan fingerprint density at radius 2 is 1.21 bits per heavy atom. The quantitative estimate of drug-likeness (QED) is 0.187. The van der Waals surface area contributed by atoms with Gasteiger partial charge in [0.05, 0.1) is 10.6 Å². The molecule has 4 aromatic rings. The van der Waals surface area contributed by atoms with Crippen LogP contribution < -0.4 is 15.6 Å². The standard InChI is InChI=1S/C28H25N3O3/c1-22(21-34-27-19-17-26(18-20-27)31(32)33)29-30-28(23-11-5-2-6-12-23,24-13-7-3-8-14-24)25-15-9-4-10-16-25/h2-20,29-30H,1,21H2. The molecule has 0 heterocycles. The summed E-state index contributed by atoms with van der Waals surface area (Å²) < 4.78 is 5.76. The SMILES string of the molecule is C=C(COc1ccc([N+](=O)[O-])cc1)NNC(c1ccccc1)(c1ccccc1)c1ccccc1. The summed E-state index contributed by atoms with van der Waals surface area (Å²) in [5, 5.41) is 10.8. The summed E-state index contributed by atoms with van der Waals surface area (Å²) in [7, 11) is 0. The minimum absolute atomic E-state index is 0.0179. The zero-order valence-electron chi connectivity index (χ0n) is 18.6. The molecule has 0 aliphatic heterocycles. The summed E-state index contributed by atoms with van der Waals surface area (Å²) in [6.45, 7) is 4.27. The van der Waals surface area contributed by atoms with Gasteiger partial charge in [-0.2, -0.15) is 0 Å². The van der Waals surface area contributed by atoms with E-state index in [1.807, 2.05) is 54.6 Å². The van der Waals surface area contributed by atoms with Gasteiger partial charge in [0.1, 0.15) is 17.9 Å². The number of non-ortho nitro benzene ring substituents is 1. The van der Waals surface area contributed by atoms with E-state index in [1.165, 1.54) is 12.1 Å². The monoisotopic (exact) mass is 451 g/mol. The number of hydrogen-bond donors (Lipinski definition) is 2. The molecule has 0 radical (unpaired) electrons. The van der Waals surface area contributed by atoms with Gasteiger partial charge in [0.2, 0.25) is 0 Å². The van der Waals surface area contributed by atoms with Crippen LogP contribution in [-0.2, 0) is 5.54 Å². The van der Waals surface area contributed by atoms with E-state index in [1.54, 1.807) is 12.1 Å². The van der Waals surface area contributed by atoms with Crippen molar-refractivity contribution in [1.29, 1.82) is 0 Å². The Balaban J connectivity index is 1.59. The average molecular weight is 452 g/mol. The van der Waals surface area contributed by atoms with E-state index < -0.39 is 10.5 Å². The molecule has 34 heavy (non-hydrogen) atoms. The molecule has 0 saturated carbocycles. The van der Waals surface area contributed by atoms with Gasteiger partial charge in [0.25, 0.3) is 5.69 Å². The van der Waals surface area contributed by atoms with Crippen LogP contribution in [0.15, 0.2) is 128 Å². The number of hydrazine groups is 1. The number of nitrogens with one attached hydrogen (secondary N) is 2. The zero-order chi connectivity index (χ0) is 23.8. The lowest BCUT2D eigenvalue weighted by molar-refractivity contribution is -0.384. The number of ether oxygens (including phenoxy) is 1. The maximum Gasteiger partial charge on any atom is 0.269 e. The highest BCUT2D eigenvalue weighted by Crippen LogP contribution is 2.36. The Kier molecular flexibility index (Phi) is 7.01. The molecule has 0 unspecified atom stereocenters. The topological polar surface area (TPSA) is 76.4 Å². The largest absolute Gasteiger partial charge is 0.487 e. The van der Waals surface area contributed by atoms with Gasteiger partial charge in [-0.3, -0.25) is 10.1 Å². The van der Waals surface area contributed by atoms with Crippen LogP contribution >= 0.6 is 0 Å². The predicted octanol–water partition coefficient (Wildman–Crippen LogP) is 5.57. The van der Waals surface area contributed by atoms with Gasteiger partial charge < -0.3 is 10.2 Å². The molecular formula is C28H25N3O3. The Labute approximate surface area is 198 Å². The minimum atomic E-state index is -0.694. The second-order valence-electron chi connectivity index (χ2n) is 7.74. The molecule has 0 spiro atoms. The van der Waals surface area contributed by atoms with Crippen LogP contribution in [0, 0.1) is 10.1 Å². The smallest absolute Gasteiger partial charge is 0.269 e. The van der Waals surface area contributed by atoms with Gasteiger partial charge in [-0.25, -0.2) is 5.43 Å². The molecule has 6 heteroatoms. The summed E-state index contributed by atoms with van der Waals surface area (Å²) in [5.41, 5.74) is 9.87. The van der Waals surface area contributed by atoms with E-state index in [0.717, 1.165) is 16.7 Å². The molecule has 0 bridgehead atoms. The van der Waals surface area contributed by atoms with Crippen molar-refractivity contribution in [1.82, 2.24) is 10.9 Å². The third-order valence-electron chi connectivity index (χ3n) is 5.51. The van der Waals surface area contributed by atoms with Crippen LogP contribution in [0.3, 0.4) is 0 Å². The van der Waals surface area contributed by atoms with Crippen molar-refractivity contribution < 1.29 is 9.66 Å². The first-order chi connectivity index (χ1) is 16.6. The van der Waals surface area contributed by atoms with Crippen LogP contribution in [0.2, 0.25) is 0 Å². The van der Waals surface area contributed by atoms with Gasteiger partial charge in [-0.05, 0) is 28.8 Å². The van der Waals surface area contributed by atoms with Crippen molar-refractivity contribution in [2.75, 3.05) is 6.61 Å². The molecule has 0 aliphatic rings. The molecule has 0 aliphatic carbocycles. The van der Waals surface area contributed by atoms with E-state index in [-0.39, 0.29) is 12.3 Å². The Morgan fingerprint density at radius 1 is 0.765 bits per heavy atom. The van der Waals surface area contributed by atoms with Gasteiger partial charge in [0.15, 0.2) is 0 Å². The van der Waals surface area contributed by atoms with Gasteiger partial charge in [-0.1, -0.05) is 97.6 Å². The molecule has 4 aromatic carbocycles. The minimum Gasteiger partial charge on any atom is -0.487 e. The lowest BCUT2D eigenvalue weighted by atomic mass is 9.77. The fourth-order valence-electron chi connectivity index (χ4n) is 3.83. The van der Waals surface area contributed by atoms with E-state index in [0.29, 0.717) is 11.4 Å². The number of hydrogen-bond acceptors (Lipinski definition) is 5. The molecule has 0 fully saturated rings. The third kappa shape index (κ3) is 4.98. The molecule has 6 nitrogen and oxygen atoms in total. The zero-order valence-corrected chi connectivity index (χ0v) is 18.6. The first kappa shape index (κ1) is 22.8. The van der Waals surface area contributed by atoms with Crippen LogP contribution in [0.25, 0.3) is 0 Å². The second kappa shape index (κ2) is 10.5. The van der Waals surface area contributed by atoms with E-state index in [9.17, 15) is 10.1 Å². The van der Waals surface area contributed by atoms with Gasteiger partial charge in [0, 0.05) is 12.1 Å². The second-order valence-corrected chi connectivity index (χ2v) is 7.74. The molecule has 4 rings (SSSR count). The Bertz CT molecular complexity index is 1130. The Hall–Kier alpha value is -4.42. The van der Waals surface area contributed by atoms with Crippen molar-refractivity contribution in [2.45, 2.75) is 5.54 Å². The van der Waals surface area contributed by atoms with Crippen molar-refractivity contribution in [2.24, 2.45) is 0 Å². The summed E-state index contributed by atoms with van der Waals surface area (Å²) in [5.74, 6) is 0.522. The summed E-state index contributed by atoms with van der Waals surface area (Å²) in [4.78, 5) is 10.4. The first-order valence-electron chi connectivity index (χ1n) is 10.8. The highest BCUT2D eigenvalue weighted by atomic mass is 16.6. The Morgan fingerprint density at radius 3 is 1.62 bits per heavy atom. The molecule has 170 valence electrons. The maximum absolute atomic E-state index is 10.8. The third-order valence-corrected chi connectivity index (χ3v) is 5.51. The van der Waals surface area contributed by atoms with Crippen LogP contribution in [0.1, 0.15) is 16.7 Å². The highest BCUT2D eigenvalue weighted by Gasteiger charge is 2.36. The van der Waals surface area contributed by atoms with E-state index >= 15 is 0 Å². The summed E-state index contributed by atoms with van der Waals surface area (Å²) in [6.07, 6.45) is 0. The number of rotatable bonds is 10. The summed E-state index contributed by atoms with van der Waals surface area (Å²) >= 11 is 0. The maximum atomic E-state index is 10.8. The van der Waals surface area contributed by atoms with E-state index in [4.69, 9.17) is 4.74 Å². The van der Waals surface area contributed by atoms with Gasteiger partial charge in [-0.15, -0.1) is 0 Å². The first-order valence-corrected chi connectivity index (χ1v) is 10.8.